The maximum absolute atomic E-state index is 14.8. The Bertz CT molecular complexity index is 2500. The number of aromatic nitrogens is 2. The van der Waals surface area contributed by atoms with E-state index in [-0.39, 0.29) is 57.8 Å². The average Bonchev–Trinajstić information content (AvgIpc) is 3.63. The van der Waals surface area contributed by atoms with Crippen molar-refractivity contribution in [1.82, 2.24) is 36.1 Å². The van der Waals surface area contributed by atoms with Gasteiger partial charge in [0.1, 0.15) is 55.4 Å². The van der Waals surface area contributed by atoms with Gasteiger partial charge in [0.25, 0.3) is 5.91 Å². The highest BCUT2D eigenvalue weighted by Crippen LogP contribution is 2.40. The molecular weight excluding hydrogens is 881 g/mol. The predicted octanol–water partition coefficient (Wildman–Crippen LogP) is 2.32. The molecule has 3 aromatic carbocycles. The SMILES string of the molecule is Cc1nc(-c2ccc(N3CCCCCC3)cc2)nc(C)c1C(=O)N[C@@H](CCN)C(=O)N(C)[C@@H]1C(=O)N[C@@H](C)C(=O)N[C@H](C(=O)NCC#N)Cc2ccc(OCCN)c(c2)-c2cc1ccc2OCCN. The van der Waals surface area contributed by atoms with Gasteiger partial charge in [-0.15, -0.1) is 0 Å². The lowest BCUT2D eigenvalue weighted by atomic mass is 9.93. The third kappa shape index (κ3) is 12.7. The molecule has 0 radical (unpaired) electrons. The molecule has 0 unspecified atom stereocenters. The molecule has 19 heteroatoms. The van der Waals surface area contributed by atoms with E-state index in [0.29, 0.717) is 51.0 Å². The molecule has 2 aliphatic rings. The molecule has 5 amide bonds. The molecule has 1 saturated heterocycles. The molecule has 0 saturated carbocycles. The molecular formula is C50H64N12O7. The van der Waals surface area contributed by atoms with Crippen molar-refractivity contribution in [1.29, 1.82) is 5.26 Å². The summed E-state index contributed by atoms with van der Waals surface area (Å²) < 4.78 is 12.2. The van der Waals surface area contributed by atoms with E-state index in [4.69, 9.17) is 36.6 Å². The smallest absolute Gasteiger partial charge is 0.255 e. The number of amides is 5. The quantitative estimate of drug-likeness (QED) is 0.0795. The third-order valence-electron chi connectivity index (χ3n) is 12.2. The Labute approximate surface area is 402 Å². The molecule has 4 atom stereocenters. The first kappa shape index (κ1) is 51.3. The van der Waals surface area contributed by atoms with Crippen LogP contribution in [0, 0.1) is 25.2 Å². The van der Waals surface area contributed by atoms with Gasteiger partial charge < -0.3 is 57.7 Å². The van der Waals surface area contributed by atoms with Crippen LogP contribution in [0.4, 0.5) is 5.69 Å². The second-order valence-electron chi connectivity index (χ2n) is 17.2. The van der Waals surface area contributed by atoms with Crippen LogP contribution < -0.4 is 52.8 Å². The number of likely N-dealkylation sites (N-methyl/N-ethyl adjacent to an activating group) is 1. The zero-order valence-corrected chi connectivity index (χ0v) is 39.8. The lowest BCUT2D eigenvalue weighted by Gasteiger charge is -2.32. The first-order valence-corrected chi connectivity index (χ1v) is 23.4. The van der Waals surface area contributed by atoms with Crippen LogP contribution in [-0.2, 0) is 25.6 Å². The number of carbonyl (C=O) groups is 5. The first-order valence-electron chi connectivity index (χ1n) is 23.4. The Morgan fingerprint density at radius 1 is 0.855 bits per heavy atom. The molecule has 19 nitrogen and oxygen atoms in total. The van der Waals surface area contributed by atoms with Gasteiger partial charge in [-0.3, -0.25) is 24.0 Å². The molecule has 4 aromatic rings. The number of anilines is 1. The number of rotatable bonds is 16. The van der Waals surface area contributed by atoms with Crippen molar-refractivity contribution >= 4 is 35.2 Å². The highest BCUT2D eigenvalue weighted by atomic mass is 16.5. The van der Waals surface area contributed by atoms with Gasteiger partial charge in [-0.2, -0.15) is 5.26 Å². The van der Waals surface area contributed by atoms with Crippen molar-refractivity contribution in [3.63, 3.8) is 0 Å². The summed E-state index contributed by atoms with van der Waals surface area (Å²) in [6, 6.07) is 15.2. The van der Waals surface area contributed by atoms with Crippen LogP contribution in [0.5, 0.6) is 11.5 Å². The minimum atomic E-state index is -1.40. The van der Waals surface area contributed by atoms with Crippen LogP contribution in [0.3, 0.4) is 0 Å². The Hall–Kier alpha value is -7.14. The molecule has 0 aliphatic carbocycles. The second-order valence-corrected chi connectivity index (χ2v) is 17.2. The summed E-state index contributed by atoms with van der Waals surface area (Å²) in [7, 11) is 1.42. The fourth-order valence-corrected chi connectivity index (χ4v) is 8.68. The van der Waals surface area contributed by atoms with E-state index in [1.54, 1.807) is 50.2 Å². The summed E-state index contributed by atoms with van der Waals surface area (Å²) in [6.45, 7) is 7.27. The summed E-state index contributed by atoms with van der Waals surface area (Å²) in [5.74, 6) is -2.09. The van der Waals surface area contributed by atoms with Crippen LogP contribution in [0.2, 0.25) is 0 Å². The predicted molar refractivity (Wildman–Crippen MR) is 261 cm³/mol. The lowest BCUT2D eigenvalue weighted by molar-refractivity contribution is -0.141. The summed E-state index contributed by atoms with van der Waals surface area (Å²) in [5, 5.41) is 20.0. The van der Waals surface area contributed by atoms with Crippen molar-refractivity contribution in [2.75, 3.05) is 64.4 Å². The fourth-order valence-electron chi connectivity index (χ4n) is 8.68. The maximum Gasteiger partial charge on any atom is 0.255 e. The van der Waals surface area contributed by atoms with E-state index >= 15 is 0 Å². The topological polar surface area (TPSA) is 286 Å². The molecule has 3 heterocycles. The van der Waals surface area contributed by atoms with Crippen LogP contribution in [-0.4, -0.2) is 122 Å². The van der Waals surface area contributed by atoms with E-state index in [9.17, 15) is 29.2 Å². The number of nitrogens with zero attached hydrogens (tertiary/aromatic N) is 5. The number of nitrogens with one attached hydrogen (secondary N) is 4. The molecule has 10 N–H and O–H groups in total. The van der Waals surface area contributed by atoms with E-state index in [2.05, 4.69) is 38.3 Å². The number of aryl methyl sites for hydroxylation is 2. The van der Waals surface area contributed by atoms with Crippen molar-refractivity contribution in [3.05, 3.63) is 88.7 Å². The first-order chi connectivity index (χ1) is 33.3. The number of fused-ring (bicyclic) bond motifs is 5. The number of benzene rings is 3. The fraction of sp³-hybridized carbons (Fsp3) is 0.440. The third-order valence-corrected chi connectivity index (χ3v) is 12.2. The molecule has 1 fully saturated rings. The van der Waals surface area contributed by atoms with Crippen LogP contribution in [0.1, 0.15) is 77.9 Å². The highest BCUT2D eigenvalue weighted by Gasteiger charge is 2.36. The maximum atomic E-state index is 14.8. The van der Waals surface area contributed by atoms with Gasteiger partial charge in [-0.1, -0.05) is 25.0 Å². The van der Waals surface area contributed by atoms with Gasteiger partial charge in [0, 0.05) is 62.0 Å². The minimum absolute atomic E-state index is 0.00176. The molecule has 4 bridgehead atoms. The molecule has 6 rings (SSSR count). The average molecular weight is 945 g/mol. The molecule has 1 aromatic heterocycles. The van der Waals surface area contributed by atoms with Gasteiger partial charge >= 0.3 is 0 Å². The number of nitriles is 1. The van der Waals surface area contributed by atoms with Gasteiger partial charge in [0.15, 0.2) is 5.82 Å². The van der Waals surface area contributed by atoms with Crippen LogP contribution >= 0.6 is 0 Å². The van der Waals surface area contributed by atoms with E-state index in [1.165, 1.54) is 31.7 Å². The Morgan fingerprint density at radius 3 is 2.09 bits per heavy atom. The molecule has 2 aliphatic heterocycles. The van der Waals surface area contributed by atoms with E-state index in [0.717, 1.165) is 37.2 Å². The summed E-state index contributed by atoms with van der Waals surface area (Å²) >= 11 is 0. The van der Waals surface area contributed by atoms with Gasteiger partial charge in [-0.05, 0) is 106 Å². The summed E-state index contributed by atoms with van der Waals surface area (Å²) in [6.07, 6.45) is 4.80. The second kappa shape index (κ2) is 24.2. The van der Waals surface area contributed by atoms with Gasteiger partial charge in [0.05, 0.1) is 23.0 Å². The summed E-state index contributed by atoms with van der Waals surface area (Å²) in [4.78, 5) is 83.8. The molecule has 366 valence electrons. The van der Waals surface area contributed by atoms with Crippen molar-refractivity contribution < 1.29 is 33.4 Å². The van der Waals surface area contributed by atoms with E-state index < -0.39 is 53.7 Å². The molecule has 69 heavy (non-hydrogen) atoms. The monoisotopic (exact) mass is 945 g/mol. The standard InChI is InChI=1S/C50H64N12O7/c1-30-43(31(2)57-45(56-30)34-10-13-36(14-11-34)62-23-7-5-6-8-24-62)48(65)59-39(17-18-51)50(67)61(4)44-35-12-16-42(69-26-21-54)38(29-35)37-27-33(9-15-41(37)68-25-20-53)28-40(47(64)55-22-19-52)60-46(63)32(3)58-49(44)66/h9-16,27,29,32,39-40,44H,5-8,17-18,20-26,28,51,53-54H2,1-4H3,(H,55,64)(H,58,66)(H,59,65)(H,60,63)/t32-,39-,40-,44-/m0/s1. The highest BCUT2D eigenvalue weighted by molar-refractivity contribution is 6.00. The zero-order chi connectivity index (χ0) is 49.6. The number of hydrogen-bond donors (Lipinski definition) is 7. The van der Waals surface area contributed by atoms with E-state index in [1.807, 2.05) is 18.2 Å². The van der Waals surface area contributed by atoms with Crippen LogP contribution in [0.15, 0.2) is 60.7 Å². The molecule has 0 spiro atoms. The normalized spacial score (nSPS) is 17.7. The van der Waals surface area contributed by atoms with Gasteiger partial charge in [-0.25, -0.2) is 9.97 Å². The Balaban J connectivity index is 1.35. The van der Waals surface area contributed by atoms with Crippen molar-refractivity contribution in [2.45, 2.75) is 83.5 Å². The number of carbonyl (C=O) groups excluding carboxylic acids is 5. The number of hydrogen-bond acceptors (Lipinski definition) is 14. The Morgan fingerprint density at radius 2 is 1.48 bits per heavy atom. The zero-order valence-electron chi connectivity index (χ0n) is 39.8. The lowest BCUT2D eigenvalue weighted by Crippen LogP contribution is -2.56. The van der Waals surface area contributed by atoms with Crippen molar-refractivity contribution in [3.8, 4) is 40.1 Å². The van der Waals surface area contributed by atoms with Crippen LogP contribution in [0.25, 0.3) is 22.5 Å². The number of ether oxygens (including phenoxy) is 2. The summed E-state index contributed by atoms with van der Waals surface area (Å²) in [5.41, 5.74) is 22.6. The minimum Gasteiger partial charge on any atom is -0.492 e. The van der Waals surface area contributed by atoms with Gasteiger partial charge in [0.2, 0.25) is 23.6 Å². The Kier molecular flexibility index (Phi) is 18.0. The number of nitrogens with two attached hydrogens (primary N) is 3. The largest absolute Gasteiger partial charge is 0.492 e. The van der Waals surface area contributed by atoms with Crippen molar-refractivity contribution in [2.24, 2.45) is 17.2 Å².